The number of hydrogen-bond donors (Lipinski definition) is 1. The van der Waals surface area contributed by atoms with Gasteiger partial charge in [0.2, 0.25) is 5.95 Å². The molecule has 1 aliphatic heterocycles. The second-order valence-electron chi connectivity index (χ2n) is 8.39. The number of rotatable bonds is 5. The molecule has 1 saturated heterocycles. The Morgan fingerprint density at radius 2 is 1.75 bits per heavy atom. The molecule has 1 aromatic heterocycles. The number of hydroxylamine groups is 2. The van der Waals surface area contributed by atoms with Crippen molar-refractivity contribution in [2.75, 3.05) is 51.0 Å². The van der Waals surface area contributed by atoms with Gasteiger partial charge >= 0.3 is 5.97 Å². The van der Waals surface area contributed by atoms with Crippen molar-refractivity contribution in [2.24, 2.45) is 11.3 Å². The molecule has 1 aromatic carbocycles. The highest BCUT2D eigenvalue weighted by molar-refractivity contribution is 5.91. The number of piperazine rings is 1. The van der Waals surface area contributed by atoms with Gasteiger partial charge in [-0.05, 0) is 24.8 Å². The Labute approximate surface area is 186 Å². The van der Waals surface area contributed by atoms with Crippen LogP contribution in [0.25, 0.3) is 10.9 Å². The number of carbonyl (C=O) groups is 1. The lowest BCUT2D eigenvalue weighted by molar-refractivity contribution is -0.199. The van der Waals surface area contributed by atoms with Crippen molar-refractivity contribution in [3.05, 3.63) is 36.4 Å². The van der Waals surface area contributed by atoms with Crippen LogP contribution in [0.4, 0.5) is 11.8 Å². The summed E-state index contributed by atoms with van der Waals surface area (Å²) in [5.41, 5.74) is 6.30. The summed E-state index contributed by atoms with van der Waals surface area (Å²) >= 11 is 0. The molecule has 0 atom stereocenters. The van der Waals surface area contributed by atoms with E-state index in [-0.39, 0.29) is 5.97 Å². The Kier molecular flexibility index (Phi) is 5.13. The highest BCUT2D eigenvalue weighted by Gasteiger charge is 2.41. The van der Waals surface area contributed by atoms with Crippen LogP contribution in [-0.2, 0) is 9.63 Å². The van der Waals surface area contributed by atoms with Gasteiger partial charge in [0.15, 0.2) is 11.5 Å². The van der Waals surface area contributed by atoms with Crippen molar-refractivity contribution in [2.45, 2.75) is 12.8 Å². The van der Waals surface area contributed by atoms with Gasteiger partial charge in [-0.2, -0.15) is 4.98 Å². The van der Waals surface area contributed by atoms with Crippen LogP contribution in [0.1, 0.15) is 12.8 Å². The summed E-state index contributed by atoms with van der Waals surface area (Å²) in [6.07, 6.45) is 10.0. The van der Waals surface area contributed by atoms with Crippen LogP contribution in [-0.4, -0.2) is 61.4 Å². The minimum absolute atomic E-state index is 0.205. The molecule has 9 heteroatoms. The summed E-state index contributed by atoms with van der Waals surface area (Å²) in [4.78, 5) is 29.8. The molecule has 6 rings (SSSR count). The fourth-order valence-corrected chi connectivity index (χ4v) is 4.50. The normalized spacial score (nSPS) is 24.7. The Hall–Kier alpha value is -3.33. The summed E-state index contributed by atoms with van der Waals surface area (Å²) in [6, 6.07) is 3.58. The number of aromatic nitrogens is 2. The molecule has 1 fully saturated rings. The number of ether oxygens (including phenoxy) is 2. The number of fused-ring (bicyclic) bond motifs is 2. The number of methoxy groups -OCH3 is 2. The lowest BCUT2D eigenvalue weighted by Crippen LogP contribution is -2.49. The average molecular weight is 438 g/mol. The van der Waals surface area contributed by atoms with E-state index in [4.69, 9.17) is 20.0 Å². The third-order valence-electron chi connectivity index (χ3n) is 6.51. The molecule has 0 saturated carbocycles. The smallest absolute Gasteiger partial charge is 0.338 e. The molecular weight excluding hydrogens is 410 g/mol. The molecule has 0 unspecified atom stereocenters. The Morgan fingerprint density at radius 3 is 2.38 bits per heavy atom. The third-order valence-corrected chi connectivity index (χ3v) is 6.51. The maximum Gasteiger partial charge on any atom is 0.338 e. The minimum atomic E-state index is -0.609. The van der Waals surface area contributed by atoms with Gasteiger partial charge < -0.3 is 24.9 Å². The fourth-order valence-electron chi connectivity index (χ4n) is 4.50. The molecule has 168 valence electrons. The van der Waals surface area contributed by atoms with Gasteiger partial charge in [-0.25, -0.2) is 9.78 Å². The van der Waals surface area contributed by atoms with Gasteiger partial charge in [-0.1, -0.05) is 24.3 Å². The van der Waals surface area contributed by atoms with Crippen molar-refractivity contribution in [1.29, 1.82) is 0 Å². The molecule has 2 heterocycles. The van der Waals surface area contributed by atoms with Gasteiger partial charge in [0.1, 0.15) is 11.2 Å². The topological polar surface area (TPSA) is 103 Å². The third kappa shape index (κ3) is 3.52. The molecule has 9 nitrogen and oxygen atoms in total. The van der Waals surface area contributed by atoms with Crippen LogP contribution >= 0.6 is 0 Å². The molecule has 3 aliphatic carbocycles. The highest BCUT2D eigenvalue weighted by Crippen LogP contribution is 2.41. The first-order chi connectivity index (χ1) is 15.5. The molecule has 2 aromatic rings. The van der Waals surface area contributed by atoms with Crippen LogP contribution in [0, 0.1) is 11.3 Å². The fraction of sp³-hybridized carbons (Fsp3) is 0.435. The highest BCUT2D eigenvalue weighted by atomic mass is 16.7. The lowest BCUT2D eigenvalue weighted by atomic mass is 9.70. The molecule has 4 aliphatic rings. The Morgan fingerprint density at radius 1 is 1.06 bits per heavy atom. The average Bonchev–Trinajstić information content (AvgIpc) is 2.84. The molecule has 2 N–H and O–H groups in total. The van der Waals surface area contributed by atoms with E-state index < -0.39 is 5.41 Å². The van der Waals surface area contributed by atoms with E-state index >= 15 is 0 Å². The maximum absolute atomic E-state index is 12.9. The van der Waals surface area contributed by atoms with E-state index in [1.54, 1.807) is 31.4 Å². The summed E-state index contributed by atoms with van der Waals surface area (Å²) < 4.78 is 10.7. The molecular formula is C23H27N5O4. The summed E-state index contributed by atoms with van der Waals surface area (Å²) in [5, 5.41) is 2.44. The second kappa shape index (κ2) is 7.98. The van der Waals surface area contributed by atoms with E-state index in [0.29, 0.717) is 66.3 Å². The first-order valence-corrected chi connectivity index (χ1v) is 10.8. The molecule has 32 heavy (non-hydrogen) atoms. The predicted molar refractivity (Wildman–Crippen MR) is 120 cm³/mol. The zero-order valence-electron chi connectivity index (χ0n) is 18.3. The van der Waals surface area contributed by atoms with Crippen molar-refractivity contribution < 1.29 is 19.1 Å². The number of nitrogen functional groups attached to an aromatic ring is 1. The van der Waals surface area contributed by atoms with Crippen molar-refractivity contribution >= 4 is 28.6 Å². The number of carbonyl (C=O) groups excluding carboxylic acids is 1. The zero-order chi connectivity index (χ0) is 22.3. The first kappa shape index (κ1) is 20.6. The summed E-state index contributed by atoms with van der Waals surface area (Å²) in [5.74, 6) is 2.34. The summed E-state index contributed by atoms with van der Waals surface area (Å²) in [6.45, 7) is 2.36. The van der Waals surface area contributed by atoms with Crippen LogP contribution in [0.5, 0.6) is 11.5 Å². The van der Waals surface area contributed by atoms with Crippen LogP contribution in [0.15, 0.2) is 36.4 Å². The number of nitrogens with two attached hydrogens (primary N) is 1. The molecule has 2 bridgehead atoms. The second-order valence-corrected chi connectivity index (χ2v) is 8.39. The van der Waals surface area contributed by atoms with Gasteiger partial charge in [0.05, 0.1) is 32.8 Å². The van der Waals surface area contributed by atoms with E-state index in [1.807, 2.05) is 17.1 Å². The van der Waals surface area contributed by atoms with Gasteiger partial charge in [-0.15, -0.1) is 5.06 Å². The number of hydrogen-bond acceptors (Lipinski definition) is 9. The van der Waals surface area contributed by atoms with Gasteiger partial charge in [-0.3, -0.25) is 0 Å². The minimum Gasteiger partial charge on any atom is -0.493 e. The Balaban J connectivity index is 1.28. The predicted octanol–water partition coefficient (Wildman–Crippen LogP) is 2.33. The Bertz CT molecular complexity index is 1090. The number of anilines is 2. The van der Waals surface area contributed by atoms with E-state index in [2.05, 4.69) is 22.1 Å². The zero-order valence-corrected chi connectivity index (χ0v) is 18.3. The summed E-state index contributed by atoms with van der Waals surface area (Å²) in [7, 11) is 3.16. The van der Waals surface area contributed by atoms with Crippen molar-refractivity contribution in [3.63, 3.8) is 0 Å². The largest absolute Gasteiger partial charge is 0.493 e. The molecule has 0 spiro atoms. The van der Waals surface area contributed by atoms with Crippen molar-refractivity contribution in [3.8, 4) is 11.5 Å². The van der Waals surface area contributed by atoms with E-state index in [0.717, 1.165) is 12.8 Å². The van der Waals surface area contributed by atoms with E-state index in [1.165, 1.54) is 0 Å². The number of benzene rings is 1. The monoisotopic (exact) mass is 437 g/mol. The van der Waals surface area contributed by atoms with Gasteiger partial charge in [0.25, 0.3) is 0 Å². The number of nitrogens with zero attached hydrogens (tertiary/aromatic N) is 4. The molecule has 0 radical (unpaired) electrons. The number of allylic oxidation sites excluding steroid dienone is 2. The first-order valence-electron chi connectivity index (χ1n) is 10.8. The quantitative estimate of drug-likeness (QED) is 0.706. The molecule has 0 amide bonds. The van der Waals surface area contributed by atoms with Crippen LogP contribution in [0.3, 0.4) is 0 Å². The van der Waals surface area contributed by atoms with Gasteiger partial charge in [0, 0.05) is 24.5 Å². The van der Waals surface area contributed by atoms with Crippen LogP contribution in [0.2, 0.25) is 0 Å². The SMILES string of the molecule is COc1cc2nc(N3CCN(OC(=O)C45C=CC(C=C4)CC5)CC3)nc(N)c2cc1OC. The van der Waals surface area contributed by atoms with E-state index in [9.17, 15) is 4.79 Å². The lowest BCUT2D eigenvalue weighted by Gasteiger charge is -2.38. The van der Waals surface area contributed by atoms with Crippen LogP contribution < -0.4 is 20.1 Å². The maximum atomic E-state index is 12.9. The van der Waals surface area contributed by atoms with Crippen molar-refractivity contribution in [1.82, 2.24) is 15.0 Å². The standard InChI is InChI=1S/C23H27N5O4/c1-30-18-13-16-17(14-19(18)31-2)25-22(26-20(16)24)27-9-11-28(12-10-27)32-21(29)23-6-3-15(4-7-23)5-8-23/h3-4,6-7,13-15H,5,8-12H2,1-2H3,(H2,24,25,26).